The van der Waals surface area contributed by atoms with Crippen LogP contribution in [0.3, 0.4) is 0 Å². The Hall–Kier alpha value is -2.65. The monoisotopic (exact) mass is 419 g/mol. The third-order valence-electron chi connectivity index (χ3n) is 6.20. The normalized spacial score (nSPS) is 21.8. The van der Waals surface area contributed by atoms with Gasteiger partial charge in [-0.2, -0.15) is 0 Å². The lowest BCUT2D eigenvalue weighted by Gasteiger charge is -2.38. The second kappa shape index (κ2) is 7.88. The number of carboxylic acids is 1. The Balaban J connectivity index is 1.89. The fraction of sp³-hybridized carbons (Fsp3) is 0.524. The second-order valence-electron chi connectivity index (χ2n) is 8.12. The zero-order chi connectivity index (χ0) is 21.6. The van der Waals surface area contributed by atoms with Gasteiger partial charge < -0.3 is 30.2 Å². The average Bonchev–Trinajstić information content (AvgIpc) is 3.54. The molecule has 1 saturated carbocycles. The first-order valence-electron chi connectivity index (χ1n) is 10.2. The van der Waals surface area contributed by atoms with Crippen molar-refractivity contribution in [2.45, 2.75) is 37.8 Å². The van der Waals surface area contributed by atoms with Crippen molar-refractivity contribution in [3.05, 3.63) is 33.9 Å². The third-order valence-corrected chi connectivity index (χ3v) is 6.20. The van der Waals surface area contributed by atoms with E-state index in [-0.39, 0.29) is 47.0 Å². The molecule has 162 valence electrons. The summed E-state index contributed by atoms with van der Waals surface area (Å²) < 4.78 is 22.6. The van der Waals surface area contributed by atoms with Crippen LogP contribution in [-0.4, -0.2) is 53.6 Å². The minimum Gasteiger partial charge on any atom is -0.492 e. The van der Waals surface area contributed by atoms with E-state index in [1.165, 1.54) is 13.3 Å². The van der Waals surface area contributed by atoms with Gasteiger partial charge in [0, 0.05) is 38.0 Å². The van der Waals surface area contributed by atoms with Gasteiger partial charge in [-0.05, 0) is 37.7 Å². The number of aliphatic hydroxyl groups is 1. The molecule has 4 rings (SSSR count). The largest absolute Gasteiger partial charge is 0.492 e. The van der Waals surface area contributed by atoms with Crippen LogP contribution < -0.4 is 20.8 Å². The van der Waals surface area contributed by atoms with E-state index in [4.69, 9.17) is 10.5 Å². The fourth-order valence-electron chi connectivity index (χ4n) is 4.48. The van der Waals surface area contributed by atoms with Gasteiger partial charge in [0.05, 0.1) is 18.0 Å². The molecule has 8 nitrogen and oxygen atoms in total. The number of hydrogen-bond donors (Lipinski definition) is 3. The van der Waals surface area contributed by atoms with Crippen molar-refractivity contribution in [2.75, 3.05) is 31.7 Å². The predicted octanol–water partition coefficient (Wildman–Crippen LogP) is 1.72. The van der Waals surface area contributed by atoms with E-state index in [1.807, 2.05) is 4.90 Å². The topological polar surface area (TPSA) is 118 Å². The molecule has 30 heavy (non-hydrogen) atoms. The number of benzene rings is 1. The van der Waals surface area contributed by atoms with E-state index in [0.29, 0.717) is 31.4 Å². The number of anilines is 1. The highest BCUT2D eigenvalue weighted by molar-refractivity contribution is 5.97. The Morgan fingerprint density at radius 3 is 2.67 bits per heavy atom. The average molecular weight is 419 g/mol. The number of aromatic nitrogens is 1. The number of carboxylic acid groups (broad SMARTS) is 1. The van der Waals surface area contributed by atoms with Crippen molar-refractivity contribution < 1.29 is 24.1 Å². The number of fused-ring (bicyclic) bond motifs is 1. The zero-order valence-corrected chi connectivity index (χ0v) is 16.8. The number of aliphatic hydroxyl groups excluding tert-OH is 1. The molecule has 2 heterocycles. The van der Waals surface area contributed by atoms with Gasteiger partial charge in [0.2, 0.25) is 5.43 Å². The number of halogens is 1. The number of nitrogens with zero attached hydrogens (tertiary/aromatic N) is 2. The Morgan fingerprint density at radius 2 is 2.10 bits per heavy atom. The first kappa shape index (κ1) is 20.6. The summed E-state index contributed by atoms with van der Waals surface area (Å²) in [5, 5.41) is 18.6. The summed E-state index contributed by atoms with van der Waals surface area (Å²) in [4.78, 5) is 26.1. The van der Waals surface area contributed by atoms with E-state index in [2.05, 4.69) is 0 Å². The molecule has 1 aliphatic carbocycles. The van der Waals surface area contributed by atoms with Crippen molar-refractivity contribution >= 4 is 22.6 Å². The maximum Gasteiger partial charge on any atom is 0.341 e. The van der Waals surface area contributed by atoms with Gasteiger partial charge in [0.1, 0.15) is 11.3 Å². The molecular formula is C21H26FN3O5. The van der Waals surface area contributed by atoms with E-state index in [0.717, 1.165) is 18.9 Å². The second-order valence-corrected chi connectivity index (χ2v) is 8.12. The van der Waals surface area contributed by atoms with Crippen LogP contribution in [0.25, 0.3) is 10.9 Å². The van der Waals surface area contributed by atoms with Gasteiger partial charge in [0.25, 0.3) is 0 Å². The van der Waals surface area contributed by atoms with Crippen LogP contribution in [0.1, 0.15) is 42.1 Å². The molecule has 1 saturated heterocycles. The van der Waals surface area contributed by atoms with Crippen molar-refractivity contribution in [1.82, 2.24) is 4.57 Å². The van der Waals surface area contributed by atoms with Crippen LogP contribution in [0.2, 0.25) is 0 Å². The number of aromatic carboxylic acids is 1. The van der Waals surface area contributed by atoms with Gasteiger partial charge in [-0.3, -0.25) is 4.79 Å². The van der Waals surface area contributed by atoms with E-state index >= 15 is 4.39 Å². The number of methoxy groups -OCH3 is 1. The van der Waals surface area contributed by atoms with Gasteiger partial charge in [0.15, 0.2) is 11.6 Å². The molecule has 2 atom stereocenters. The molecule has 9 heteroatoms. The number of nitrogens with two attached hydrogens (primary N) is 1. The number of carbonyl (C=O) groups is 1. The van der Waals surface area contributed by atoms with Gasteiger partial charge in [-0.25, -0.2) is 9.18 Å². The minimum absolute atomic E-state index is 0.000588. The van der Waals surface area contributed by atoms with Gasteiger partial charge in [-0.15, -0.1) is 0 Å². The van der Waals surface area contributed by atoms with Crippen molar-refractivity contribution in [1.29, 1.82) is 0 Å². The lowest BCUT2D eigenvalue weighted by molar-refractivity contribution is 0.0694. The molecule has 0 amide bonds. The molecule has 1 aromatic heterocycles. The van der Waals surface area contributed by atoms with E-state index in [9.17, 15) is 19.8 Å². The molecule has 0 radical (unpaired) electrons. The fourth-order valence-corrected chi connectivity index (χ4v) is 4.48. The quantitative estimate of drug-likeness (QED) is 0.652. The van der Waals surface area contributed by atoms with Crippen molar-refractivity contribution in [3.63, 3.8) is 0 Å². The Labute approximate surface area is 172 Å². The molecule has 0 spiro atoms. The summed E-state index contributed by atoms with van der Waals surface area (Å²) in [5.74, 6) is -1.60. The molecular weight excluding hydrogens is 393 g/mol. The van der Waals surface area contributed by atoms with Crippen LogP contribution in [-0.2, 0) is 0 Å². The van der Waals surface area contributed by atoms with Crippen LogP contribution in [0.15, 0.2) is 17.1 Å². The van der Waals surface area contributed by atoms with Crippen LogP contribution in [0.5, 0.6) is 5.75 Å². The molecule has 2 aliphatic rings. The zero-order valence-electron chi connectivity index (χ0n) is 16.8. The van der Waals surface area contributed by atoms with Crippen LogP contribution >= 0.6 is 0 Å². The van der Waals surface area contributed by atoms with Crippen LogP contribution in [0.4, 0.5) is 10.1 Å². The number of pyridine rings is 1. The highest BCUT2D eigenvalue weighted by Gasteiger charge is 2.33. The highest BCUT2D eigenvalue weighted by Crippen LogP contribution is 2.44. The minimum atomic E-state index is -1.34. The maximum atomic E-state index is 15.3. The summed E-state index contributed by atoms with van der Waals surface area (Å²) in [5.41, 5.74) is 5.82. The summed E-state index contributed by atoms with van der Waals surface area (Å²) >= 11 is 0. The van der Waals surface area contributed by atoms with Crippen LogP contribution in [0, 0.1) is 11.7 Å². The molecule has 0 bridgehead atoms. The smallest absolute Gasteiger partial charge is 0.341 e. The summed E-state index contributed by atoms with van der Waals surface area (Å²) in [6, 6.07) is 0.938. The number of rotatable bonds is 6. The molecule has 2 fully saturated rings. The Morgan fingerprint density at radius 1 is 1.37 bits per heavy atom. The standard InChI is InChI=1S/C21H26FN3O5/c1-30-20-17-13(19(27)14(21(28)29)9-25(17)12-2-3-12)8-15(22)18(20)24-6-4-11(5-7-26)16(23)10-24/h8-9,11-12,16,26H,2-7,10,23H2,1H3,(H,28,29)/t11-,16+/m1/s1. The summed E-state index contributed by atoms with van der Waals surface area (Å²) in [6.07, 6.45) is 4.35. The van der Waals surface area contributed by atoms with Gasteiger partial charge in [-0.1, -0.05) is 0 Å². The molecule has 1 aliphatic heterocycles. The van der Waals surface area contributed by atoms with E-state index < -0.39 is 17.2 Å². The lowest BCUT2D eigenvalue weighted by Crippen LogP contribution is -2.49. The van der Waals surface area contributed by atoms with Gasteiger partial charge >= 0.3 is 5.97 Å². The summed E-state index contributed by atoms with van der Waals surface area (Å²) in [7, 11) is 1.42. The first-order chi connectivity index (χ1) is 14.4. The van der Waals surface area contributed by atoms with E-state index in [1.54, 1.807) is 4.57 Å². The lowest BCUT2D eigenvalue weighted by atomic mass is 9.89. The van der Waals surface area contributed by atoms with Crippen molar-refractivity contribution in [2.24, 2.45) is 11.7 Å². The maximum absolute atomic E-state index is 15.3. The Bertz CT molecular complexity index is 1050. The SMILES string of the molecule is COc1c(N2CC[C@H](CCO)[C@@H](N)C2)c(F)cc2c(=O)c(C(=O)O)cn(C3CC3)c12. The summed E-state index contributed by atoms with van der Waals surface area (Å²) in [6.45, 7) is 0.994. The number of hydrogen-bond acceptors (Lipinski definition) is 6. The first-order valence-corrected chi connectivity index (χ1v) is 10.2. The predicted molar refractivity (Wildman–Crippen MR) is 110 cm³/mol. The number of piperidine rings is 1. The molecule has 2 aromatic rings. The highest BCUT2D eigenvalue weighted by atomic mass is 19.1. The molecule has 0 unspecified atom stereocenters. The molecule has 1 aromatic carbocycles. The third kappa shape index (κ3) is 3.41. The van der Waals surface area contributed by atoms with Crippen molar-refractivity contribution in [3.8, 4) is 5.75 Å². The number of ether oxygens (including phenoxy) is 1. The Kier molecular flexibility index (Phi) is 5.42. The molecule has 4 N–H and O–H groups in total.